The number of likely N-dealkylation sites (N-methyl/N-ethyl adjacent to an activating group) is 1. The van der Waals surface area contributed by atoms with Crippen LogP contribution in [0, 0.1) is 0 Å². The highest BCUT2D eigenvalue weighted by Crippen LogP contribution is 2.42. The predicted octanol–water partition coefficient (Wildman–Crippen LogP) is 4.06. The average molecular weight is 406 g/mol. The number of ketones is 1. The van der Waals surface area contributed by atoms with Crippen LogP contribution in [0.2, 0.25) is 5.02 Å². The fourth-order valence-electron chi connectivity index (χ4n) is 3.53. The molecular weight excluding hydrogens is 386 g/mol. The van der Waals surface area contributed by atoms with E-state index in [4.69, 9.17) is 16.3 Å². The van der Waals surface area contributed by atoms with Gasteiger partial charge in [0.25, 0.3) is 5.91 Å². The third-order valence-corrected chi connectivity index (χ3v) is 6.02. The number of halogens is 1. The van der Waals surface area contributed by atoms with Crippen LogP contribution in [-0.2, 0) is 19.9 Å². The Hall–Kier alpha value is -2.18. The number of benzene rings is 1. The molecule has 0 unspecified atom stereocenters. The van der Waals surface area contributed by atoms with E-state index in [1.807, 2.05) is 0 Å². The Morgan fingerprint density at radius 2 is 2.04 bits per heavy atom. The van der Waals surface area contributed by atoms with E-state index in [0.29, 0.717) is 29.0 Å². The van der Waals surface area contributed by atoms with Gasteiger partial charge < -0.3 is 9.64 Å². The number of thiophene rings is 1. The molecule has 142 valence electrons. The molecule has 0 radical (unpaired) electrons. The standard InChI is InChI=1S/C20H20ClNO4S/c1-22(18(24)12-26-19(25)14-9-11-27-13-14)20(10-5-4-8-17(20)23)15-6-2-3-7-16(15)21/h2-3,6-7,9,11,13H,4-5,8,10,12H2,1H3/t20-/m1/s1. The number of Topliss-reactive ketones (excluding diaryl/α,β-unsaturated/α-hetero) is 1. The zero-order valence-electron chi connectivity index (χ0n) is 14.9. The van der Waals surface area contributed by atoms with Gasteiger partial charge in [0.05, 0.1) is 5.56 Å². The Bertz CT molecular complexity index is 851. The van der Waals surface area contributed by atoms with Gasteiger partial charge in [-0.2, -0.15) is 11.3 Å². The molecule has 0 N–H and O–H groups in total. The first-order valence-corrected chi connectivity index (χ1v) is 10.0. The largest absolute Gasteiger partial charge is 0.452 e. The molecule has 1 heterocycles. The molecule has 7 heteroatoms. The highest BCUT2D eigenvalue weighted by molar-refractivity contribution is 7.08. The molecule has 5 nitrogen and oxygen atoms in total. The van der Waals surface area contributed by atoms with Gasteiger partial charge in [-0.3, -0.25) is 9.59 Å². The zero-order chi connectivity index (χ0) is 19.4. The zero-order valence-corrected chi connectivity index (χ0v) is 16.5. The summed E-state index contributed by atoms with van der Waals surface area (Å²) in [5, 5.41) is 3.87. The normalized spacial score (nSPS) is 19.6. The summed E-state index contributed by atoms with van der Waals surface area (Å²) in [7, 11) is 1.58. The summed E-state index contributed by atoms with van der Waals surface area (Å²) in [5.74, 6) is -1.03. The van der Waals surface area contributed by atoms with Crippen LogP contribution in [0.5, 0.6) is 0 Å². The van der Waals surface area contributed by atoms with Crippen molar-refractivity contribution in [1.29, 1.82) is 0 Å². The molecule has 1 aromatic heterocycles. The smallest absolute Gasteiger partial charge is 0.339 e. The minimum Gasteiger partial charge on any atom is -0.452 e. The van der Waals surface area contributed by atoms with Crippen molar-refractivity contribution in [1.82, 2.24) is 4.90 Å². The first-order valence-electron chi connectivity index (χ1n) is 8.71. The van der Waals surface area contributed by atoms with Crippen LogP contribution < -0.4 is 0 Å². The highest BCUT2D eigenvalue weighted by Gasteiger charge is 2.47. The highest BCUT2D eigenvalue weighted by atomic mass is 35.5. The maximum Gasteiger partial charge on any atom is 0.339 e. The van der Waals surface area contributed by atoms with Crippen LogP contribution in [0.1, 0.15) is 41.6 Å². The number of hydrogen-bond donors (Lipinski definition) is 0. The molecule has 3 rings (SSSR count). The summed E-state index contributed by atoms with van der Waals surface area (Å²) in [5.41, 5.74) is -0.0935. The molecule has 1 amide bonds. The van der Waals surface area contributed by atoms with Crippen LogP contribution in [-0.4, -0.2) is 36.2 Å². The lowest BCUT2D eigenvalue weighted by atomic mass is 9.74. The average Bonchev–Trinajstić information content (AvgIpc) is 3.21. The molecule has 27 heavy (non-hydrogen) atoms. The Labute approximate surface area is 166 Å². The second-order valence-corrected chi connectivity index (χ2v) is 7.70. The Balaban J connectivity index is 1.84. The van der Waals surface area contributed by atoms with Crippen molar-refractivity contribution in [3.8, 4) is 0 Å². The fourth-order valence-corrected chi connectivity index (χ4v) is 4.45. The van der Waals surface area contributed by atoms with Crippen LogP contribution in [0.4, 0.5) is 0 Å². The van der Waals surface area contributed by atoms with Crippen LogP contribution in [0.25, 0.3) is 0 Å². The number of carbonyl (C=O) groups excluding carboxylic acids is 3. The molecule has 1 fully saturated rings. The summed E-state index contributed by atoms with van der Waals surface area (Å²) < 4.78 is 5.14. The SMILES string of the molecule is CN(C(=O)COC(=O)c1ccsc1)[C@@]1(c2ccccc2Cl)CCCCC1=O. The molecule has 0 saturated heterocycles. The second-order valence-electron chi connectivity index (χ2n) is 6.51. The Morgan fingerprint density at radius 1 is 1.26 bits per heavy atom. The molecule has 1 aromatic carbocycles. The van der Waals surface area contributed by atoms with Gasteiger partial charge in [-0.1, -0.05) is 29.8 Å². The van der Waals surface area contributed by atoms with Crippen molar-refractivity contribution in [2.24, 2.45) is 0 Å². The Morgan fingerprint density at radius 3 is 2.70 bits per heavy atom. The molecule has 0 spiro atoms. The first kappa shape index (κ1) is 19.6. The summed E-state index contributed by atoms with van der Waals surface area (Å²) in [4.78, 5) is 39.2. The Kier molecular flexibility index (Phi) is 5.97. The van der Waals surface area contributed by atoms with Gasteiger partial charge in [-0.05, 0) is 36.8 Å². The van der Waals surface area contributed by atoms with Crippen molar-refractivity contribution < 1.29 is 19.1 Å². The van der Waals surface area contributed by atoms with Gasteiger partial charge >= 0.3 is 5.97 Å². The maximum absolute atomic E-state index is 13.0. The predicted molar refractivity (Wildman–Crippen MR) is 104 cm³/mol. The molecular formula is C20H20ClNO4S. The van der Waals surface area contributed by atoms with E-state index >= 15 is 0 Å². The number of rotatable bonds is 5. The number of amides is 1. The van der Waals surface area contributed by atoms with Gasteiger partial charge in [0.2, 0.25) is 0 Å². The monoisotopic (exact) mass is 405 g/mol. The van der Waals surface area contributed by atoms with E-state index in [-0.39, 0.29) is 5.78 Å². The van der Waals surface area contributed by atoms with Crippen LogP contribution >= 0.6 is 22.9 Å². The molecule has 1 aliphatic carbocycles. The van der Waals surface area contributed by atoms with Crippen molar-refractivity contribution in [2.45, 2.75) is 31.2 Å². The van der Waals surface area contributed by atoms with Crippen LogP contribution in [0.3, 0.4) is 0 Å². The molecule has 0 bridgehead atoms. The summed E-state index contributed by atoms with van der Waals surface area (Å²) in [6, 6.07) is 8.73. The van der Waals surface area contributed by atoms with E-state index in [0.717, 1.165) is 12.8 Å². The maximum atomic E-state index is 13.0. The minimum atomic E-state index is -1.12. The third kappa shape index (κ3) is 3.77. The molecule has 1 aliphatic rings. The van der Waals surface area contributed by atoms with E-state index < -0.39 is 24.0 Å². The van der Waals surface area contributed by atoms with Gasteiger partial charge in [0.15, 0.2) is 12.4 Å². The summed E-state index contributed by atoms with van der Waals surface area (Å²) in [6.07, 6.45) is 2.48. The molecule has 1 saturated carbocycles. The number of hydrogen-bond acceptors (Lipinski definition) is 5. The number of esters is 1. The lowest BCUT2D eigenvalue weighted by Gasteiger charge is -2.43. The van der Waals surface area contributed by atoms with Crippen LogP contribution in [0.15, 0.2) is 41.1 Å². The fraction of sp³-hybridized carbons (Fsp3) is 0.350. The topological polar surface area (TPSA) is 63.7 Å². The van der Waals surface area contributed by atoms with Gasteiger partial charge in [0.1, 0.15) is 5.54 Å². The van der Waals surface area contributed by atoms with Crippen molar-refractivity contribution in [3.63, 3.8) is 0 Å². The number of carbonyl (C=O) groups is 3. The van der Waals surface area contributed by atoms with Gasteiger partial charge in [-0.25, -0.2) is 4.79 Å². The van der Waals surface area contributed by atoms with Crippen molar-refractivity contribution >= 4 is 40.6 Å². The minimum absolute atomic E-state index is 0.0399. The molecule has 0 aliphatic heterocycles. The van der Waals surface area contributed by atoms with Crippen molar-refractivity contribution in [3.05, 3.63) is 57.2 Å². The van der Waals surface area contributed by atoms with Crippen molar-refractivity contribution in [2.75, 3.05) is 13.7 Å². The lowest BCUT2D eigenvalue weighted by molar-refractivity contribution is -0.150. The number of ether oxygens (including phenoxy) is 1. The van der Waals surface area contributed by atoms with E-state index in [1.54, 1.807) is 48.1 Å². The number of nitrogens with zero attached hydrogens (tertiary/aromatic N) is 1. The lowest BCUT2D eigenvalue weighted by Crippen LogP contribution is -2.55. The van der Waals surface area contributed by atoms with Gasteiger partial charge in [0, 0.05) is 29.4 Å². The third-order valence-electron chi connectivity index (χ3n) is 5.00. The summed E-state index contributed by atoms with van der Waals surface area (Å²) >= 11 is 7.76. The second kappa shape index (κ2) is 8.23. The molecule has 1 atom stereocenters. The quantitative estimate of drug-likeness (QED) is 0.704. The van der Waals surface area contributed by atoms with E-state index in [9.17, 15) is 14.4 Å². The summed E-state index contributed by atoms with van der Waals surface area (Å²) in [6.45, 7) is -0.426. The first-order chi connectivity index (χ1) is 13.0. The molecule has 2 aromatic rings. The van der Waals surface area contributed by atoms with Gasteiger partial charge in [-0.15, -0.1) is 0 Å². The van der Waals surface area contributed by atoms with E-state index in [2.05, 4.69) is 0 Å². The van der Waals surface area contributed by atoms with E-state index in [1.165, 1.54) is 16.2 Å².